The summed E-state index contributed by atoms with van der Waals surface area (Å²) in [5.74, 6) is 0. The van der Waals surface area contributed by atoms with Crippen molar-refractivity contribution in [3.63, 3.8) is 0 Å². The average molecular weight is 217 g/mol. The highest BCUT2D eigenvalue weighted by Crippen LogP contribution is 2.18. The van der Waals surface area contributed by atoms with E-state index < -0.39 is 0 Å². The first-order valence-corrected chi connectivity index (χ1v) is 6.01. The maximum Gasteiger partial charge on any atom is 0.0838 e. The molecular weight excluding hydrogens is 198 g/mol. The molecule has 0 bridgehead atoms. The van der Waals surface area contributed by atoms with Gasteiger partial charge in [-0.25, -0.2) is 0 Å². The van der Waals surface area contributed by atoms with E-state index in [4.69, 9.17) is 5.73 Å². The molecule has 0 saturated carbocycles. The van der Waals surface area contributed by atoms with E-state index in [-0.39, 0.29) is 0 Å². The number of hydrogen-bond acceptors (Lipinski definition) is 2. The monoisotopic (exact) mass is 217 g/mol. The van der Waals surface area contributed by atoms with Crippen molar-refractivity contribution in [1.82, 2.24) is 9.78 Å². The third-order valence-corrected chi connectivity index (χ3v) is 2.90. The fraction of sp³-hybridized carbons (Fsp3) is 0.462. The number of fused-ring (bicyclic) bond motifs is 1. The molecule has 0 radical (unpaired) electrons. The quantitative estimate of drug-likeness (QED) is 0.782. The summed E-state index contributed by atoms with van der Waals surface area (Å²) in [4.78, 5) is 0. The van der Waals surface area contributed by atoms with Crippen molar-refractivity contribution in [3.05, 3.63) is 30.0 Å². The number of benzene rings is 1. The van der Waals surface area contributed by atoms with E-state index >= 15 is 0 Å². The van der Waals surface area contributed by atoms with Gasteiger partial charge in [0.25, 0.3) is 0 Å². The first kappa shape index (κ1) is 11.1. The smallest absolute Gasteiger partial charge is 0.0838 e. The second kappa shape index (κ2) is 5.12. The predicted octanol–water partition coefficient (Wildman–Crippen LogP) is 2.69. The molecule has 0 fully saturated rings. The molecule has 0 spiro atoms. The van der Waals surface area contributed by atoms with Crippen LogP contribution < -0.4 is 5.73 Å². The summed E-state index contributed by atoms with van der Waals surface area (Å²) >= 11 is 0. The van der Waals surface area contributed by atoms with E-state index in [1.807, 2.05) is 6.07 Å². The lowest BCUT2D eigenvalue weighted by molar-refractivity contribution is 0.562. The summed E-state index contributed by atoms with van der Waals surface area (Å²) in [7, 11) is 0. The van der Waals surface area contributed by atoms with Gasteiger partial charge in [0.15, 0.2) is 0 Å². The van der Waals surface area contributed by atoms with Gasteiger partial charge in [-0.3, -0.25) is 4.68 Å². The van der Waals surface area contributed by atoms with E-state index in [9.17, 15) is 0 Å². The number of aryl methyl sites for hydroxylation is 1. The van der Waals surface area contributed by atoms with Crippen molar-refractivity contribution in [1.29, 1.82) is 0 Å². The standard InChI is InChI=1S/C13H19N3/c1-2-3-6-9-16-13-8-5-4-7-11(13)12(10-14)15-16/h4-5,7-8H,2-3,6,9-10,14H2,1H3. The number of nitrogens with zero attached hydrogens (tertiary/aromatic N) is 2. The molecule has 0 unspecified atom stereocenters. The molecule has 3 nitrogen and oxygen atoms in total. The lowest BCUT2D eigenvalue weighted by Gasteiger charge is -2.01. The van der Waals surface area contributed by atoms with Crippen LogP contribution in [0.25, 0.3) is 10.9 Å². The summed E-state index contributed by atoms with van der Waals surface area (Å²) < 4.78 is 2.09. The molecule has 0 aliphatic rings. The van der Waals surface area contributed by atoms with Crippen molar-refractivity contribution in [2.45, 2.75) is 39.3 Å². The molecule has 0 aliphatic heterocycles. The van der Waals surface area contributed by atoms with E-state index in [0.717, 1.165) is 12.2 Å². The van der Waals surface area contributed by atoms with Crippen molar-refractivity contribution < 1.29 is 0 Å². The minimum absolute atomic E-state index is 0.515. The van der Waals surface area contributed by atoms with Gasteiger partial charge in [-0.05, 0) is 12.5 Å². The molecule has 0 amide bonds. The van der Waals surface area contributed by atoms with E-state index in [1.54, 1.807) is 0 Å². The first-order chi connectivity index (χ1) is 7.86. The largest absolute Gasteiger partial charge is 0.325 e. The van der Waals surface area contributed by atoms with E-state index in [0.29, 0.717) is 6.54 Å². The van der Waals surface area contributed by atoms with Gasteiger partial charge in [0.2, 0.25) is 0 Å². The molecule has 2 N–H and O–H groups in total. The topological polar surface area (TPSA) is 43.8 Å². The zero-order chi connectivity index (χ0) is 11.4. The second-order valence-electron chi connectivity index (χ2n) is 4.10. The second-order valence-corrected chi connectivity index (χ2v) is 4.10. The molecule has 1 heterocycles. The van der Waals surface area contributed by atoms with Gasteiger partial charge >= 0.3 is 0 Å². The Morgan fingerprint density at radius 2 is 2.06 bits per heavy atom. The van der Waals surface area contributed by atoms with Gasteiger partial charge < -0.3 is 5.73 Å². The third-order valence-electron chi connectivity index (χ3n) is 2.90. The zero-order valence-electron chi connectivity index (χ0n) is 9.82. The highest BCUT2D eigenvalue weighted by Gasteiger charge is 2.07. The van der Waals surface area contributed by atoms with Gasteiger partial charge in [0.1, 0.15) is 0 Å². The number of unbranched alkanes of at least 4 members (excludes halogenated alkanes) is 2. The van der Waals surface area contributed by atoms with Crippen LogP contribution >= 0.6 is 0 Å². The molecule has 3 heteroatoms. The maximum atomic E-state index is 5.71. The Morgan fingerprint density at radius 3 is 2.81 bits per heavy atom. The van der Waals surface area contributed by atoms with Crippen molar-refractivity contribution in [3.8, 4) is 0 Å². The number of hydrogen-bond donors (Lipinski definition) is 1. The third kappa shape index (κ3) is 2.09. The van der Waals surface area contributed by atoms with Crippen LogP contribution in [-0.4, -0.2) is 9.78 Å². The molecule has 1 aromatic heterocycles. The molecule has 0 aliphatic carbocycles. The fourth-order valence-electron chi connectivity index (χ4n) is 2.03. The van der Waals surface area contributed by atoms with Crippen LogP contribution in [-0.2, 0) is 13.1 Å². The van der Waals surface area contributed by atoms with Gasteiger partial charge in [-0.1, -0.05) is 38.0 Å². The summed E-state index contributed by atoms with van der Waals surface area (Å²) in [5, 5.41) is 5.77. The summed E-state index contributed by atoms with van der Waals surface area (Å²) in [6.45, 7) is 3.72. The van der Waals surface area contributed by atoms with Gasteiger partial charge in [0.05, 0.1) is 11.2 Å². The summed E-state index contributed by atoms with van der Waals surface area (Å²) in [6.07, 6.45) is 3.68. The Kier molecular flexibility index (Phi) is 3.57. The minimum Gasteiger partial charge on any atom is -0.325 e. The van der Waals surface area contributed by atoms with Gasteiger partial charge in [0, 0.05) is 18.5 Å². The lowest BCUT2D eigenvalue weighted by atomic mass is 10.2. The number of rotatable bonds is 5. The zero-order valence-corrected chi connectivity index (χ0v) is 9.82. The van der Waals surface area contributed by atoms with Crippen molar-refractivity contribution in [2.24, 2.45) is 5.73 Å². The van der Waals surface area contributed by atoms with Crippen LogP contribution in [0.1, 0.15) is 31.9 Å². The van der Waals surface area contributed by atoms with Crippen LogP contribution in [0.2, 0.25) is 0 Å². The first-order valence-electron chi connectivity index (χ1n) is 6.01. The lowest BCUT2D eigenvalue weighted by Crippen LogP contribution is -2.02. The van der Waals surface area contributed by atoms with Crippen molar-refractivity contribution in [2.75, 3.05) is 0 Å². The average Bonchev–Trinajstić information content (AvgIpc) is 2.68. The minimum atomic E-state index is 0.515. The highest BCUT2D eigenvalue weighted by atomic mass is 15.3. The Balaban J connectivity index is 2.30. The van der Waals surface area contributed by atoms with Gasteiger partial charge in [-0.2, -0.15) is 5.10 Å². The number of aromatic nitrogens is 2. The molecule has 0 saturated heterocycles. The summed E-state index contributed by atoms with van der Waals surface area (Å²) in [6, 6.07) is 8.31. The Hall–Kier alpha value is -1.35. The highest BCUT2D eigenvalue weighted by molar-refractivity contribution is 5.81. The molecule has 16 heavy (non-hydrogen) atoms. The number of nitrogens with two attached hydrogens (primary N) is 1. The van der Waals surface area contributed by atoms with Crippen LogP contribution in [0.3, 0.4) is 0 Å². The molecule has 86 valence electrons. The molecule has 2 aromatic rings. The van der Waals surface area contributed by atoms with Crippen LogP contribution in [0, 0.1) is 0 Å². The SMILES string of the molecule is CCCCCn1nc(CN)c2ccccc21. The predicted molar refractivity (Wildman–Crippen MR) is 67.1 cm³/mol. The van der Waals surface area contributed by atoms with E-state index in [2.05, 4.69) is 34.9 Å². The summed E-state index contributed by atoms with van der Waals surface area (Å²) in [5.41, 5.74) is 7.92. The Labute approximate surface area is 96.2 Å². The molecule has 1 aromatic carbocycles. The van der Waals surface area contributed by atoms with Gasteiger partial charge in [-0.15, -0.1) is 0 Å². The molecule has 2 rings (SSSR count). The Morgan fingerprint density at radius 1 is 1.25 bits per heavy atom. The normalized spacial score (nSPS) is 11.1. The number of para-hydroxylation sites is 1. The van der Waals surface area contributed by atoms with Crippen LogP contribution in [0.15, 0.2) is 24.3 Å². The molecule has 0 atom stereocenters. The van der Waals surface area contributed by atoms with Crippen LogP contribution in [0.5, 0.6) is 0 Å². The van der Waals surface area contributed by atoms with Crippen LogP contribution in [0.4, 0.5) is 0 Å². The fourth-order valence-corrected chi connectivity index (χ4v) is 2.03. The van der Waals surface area contributed by atoms with E-state index in [1.165, 1.54) is 30.2 Å². The molecular formula is C13H19N3. The Bertz CT molecular complexity index is 459. The maximum absolute atomic E-state index is 5.71. The van der Waals surface area contributed by atoms with Crippen molar-refractivity contribution >= 4 is 10.9 Å².